The number of nitrogens with two attached hydrogens (primary N) is 1. The van der Waals surface area contributed by atoms with E-state index in [-0.39, 0.29) is 17.8 Å². The smallest absolute Gasteiger partial charge is 0.282 e. The first-order valence-corrected chi connectivity index (χ1v) is 10.1. The van der Waals surface area contributed by atoms with Crippen LogP contribution in [0.25, 0.3) is 0 Å². The number of ether oxygens (including phenoxy) is 1. The lowest BCUT2D eigenvalue weighted by Crippen LogP contribution is -2.92. The van der Waals surface area contributed by atoms with Crippen molar-refractivity contribution >= 4 is 11.6 Å². The molecule has 1 amide bonds. The molecule has 30 heavy (non-hydrogen) atoms. The molecule has 0 heterocycles. The summed E-state index contributed by atoms with van der Waals surface area (Å²) in [5, 5.41) is 4.89. The Kier molecular flexibility index (Phi) is 7.20. The zero-order valence-corrected chi connectivity index (χ0v) is 17.6. The molecule has 2 atom stereocenters. The van der Waals surface area contributed by atoms with Crippen molar-refractivity contribution in [1.29, 1.82) is 0 Å². The second kappa shape index (κ2) is 10.0. The second-order valence-electron chi connectivity index (χ2n) is 7.30. The van der Waals surface area contributed by atoms with Gasteiger partial charge in [0.05, 0.1) is 12.8 Å². The number of rotatable bonds is 8. The van der Waals surface area contributed by atoms with Gasteiger partial charge in [-0.15, -0.1) is 0 Å². The van der Waals surface area contributed by atoms with E-state index in [1.54, 1.807) is 25.3 Å². The largest absolute Gasteiger partial charge is 0.495 e. The number of hydrogen-bond acceptors (Lipinski definition) is 2. The summed E-state index contributed by atoms with van der Waals surface area (Å²) in [5.41, 5.74) is 3.70. The number of aryl methyl sites for hydroxylation is 1. The van der Waals surface area contributed by atoms with E-state index >= 15 is 0 Å². The minimum Gasteiger partial charge on any atom is -0.495 e. The lowest BCUT2D eigenvalue weighted by atomic mass is 9.96. The Morgan fingerprint density at radius 2 is 1.77 bits per heavy atom. The summed E-state index contributed by atoms with van der Waals surface area (Å²) in [4.78, 5) is 12.9. The molecule has 4 nitrogen and oxygen atoms in total. The monoisotopic (exact) mass is 407 g/mol. The van der Waals surface area contributed by atoms with Crippen molar-refractivity contribution in [2.75, 3.05) is 12.4 Å². The summed E-state index contributed by atoms with van der Waals surface area (Å²) < 4.78 is 19.2. The molecule has 0 saturated carbocycles. The summed E-state index contributed by atoms with van der Waals surface area (Å²) in [5.74, 6) is 0.170. The minimum atomic E-state index is -0.408. The van der Waals surface area contributed by atoms with E-state index in [0.717, 1.165) is 17.5 Å². The highest BCUT2D eigenvalue weighted by Gasteiger charge is 2.25. The van der Waals surface area contributed by atoms with Crippen LogP contribution in [0.3, 0.4) is 0 Å². The number of para-hydroxylation sites is 2. The predicted octanol–water partition coefficient (Wildman–Crippen LogP) is 4.08. The molecule has 0 saturated heterocycles. The molecule has 0 spiro atoms. The van der Waals surface area contributed by atoms with E-state index in [0.29, 0.717) is 11.4 Å². The first-order chi connectivity index (χ1) is 14.5. The van der Waals surface area contributed by atoms with Crippen LogP contribution in [-0.4, -0.2) is 19.1 Å². The van der Waals surface area contributed by atoms with Crippen LogP contribution < -0.4 is 15.4 Å². The zero-order valence-electron chi connectivity index (χ0n) is 17.6. The number of benzene rings is 3. The summed E-state index contributed by atoms with van der Waals surface area (Å²) in [7, 11) is 1.57. The summed E-state index contributed by atoms with van der Waals surface area (Å²) in [6, 6.07) is 21.5. The molecule has 0 aliphatic carbocycles. The van der Waals surface area contributed by atoms with Gasteiger partial charge in [0.25, 0.3) is 5.91 Å². The van der Waals surface area contributed by atoms with Crippen molar-refractivity contribution in [3.8, 4) is 5.75 Å². The number of nitrogens with one attached hydrogen (secondary N) is 1. The molecule has 3 aromatic carbocycles. The van der Waals surface area contributed by atoms with Crippen LogP contribution in [0, 0.1) is 5.82 Å². The minimum absolute atomic E-state index is 0.147. The van der Waals surface area contributed by atoms with E-state index < -0.39 is 6.04 Å². The molecule has 0 bridgehead atoms. The van der Waals surface area contributed by atoms with Gasteiger partial charge in [0, 0.05) is 11.1 Å². The van der Waals surface area contributed by atoms with E-state index in [4.69, 9.17) is 4.74 Å². The van der Waals surface area contributed by atoms with Gasteiger partial charge in [-0.25, -0.2) is 4.39 Å². The van der Waals surface area contributed by atoms with Gasteiger partial charge in [0.1, 0.15) is 17.6 Å². The maximum absolute atomic E-state index is 13.9. The first kappa shape index (κ1) is 21.5. The van der Waals surface area contributed by atoms with Crippen molar-refractivity contribution in [3.05, 3.63) is 95.3 Å². The third kappa shape index (κ3) is 5.24. The highest BCUT2D eigenvalue weighted by molar-refractivity contribution is 5.94. The second-order valence-corrected chi connectivity index (χ2v) is 7.30. The van der Waals surface area contributed by atoms with Crippen LogP contribution in [0.15, 0.2) is 72.8 Å². The number of quaternary nitrogens is 1. The summed E-state index contributed by atoms with van der Waals surface area (Å²) in [6.07, 6.45) is 0.951. The average Bonchev–Trinajstić information content (AvgIpc) is 2.77. The molecular formula is C25H28FN2O2+. The zero-order chi connectivity index (χ0) is 21.5. The molecule has 3 aromatic rings. The standard InChI is InChI=1S/C25H27FN2O2/c1-4-18-12-14-19(15-13-18)24(20-8-7-9-21(26)16-20)27-17(2)25(29)28-22-10-5-6-11-23(22)30-3/h5-17,24,27H,4H2,1-3H3,(H,28,29)/p+1/t17-,24-/m1/s1. The molecule has 0 fully saturated rings. The number of anilines is 1. The highest BCUT2D eigenvalue weighted by atomic mass is 19.1. The Hall–Kier alpha value is -3.18. The van der Waals surface area contributed by atoms with Gasteiger partial charge in [0.15, 0.2) is 6.04 Å². The number of carbonyl (C=O) groups excluding carboxylic acids is 1. The molecule has 0 aliphatic heterocycles. The van der Waals surface area contributed by atoms with Crippen LogP contribution in [0.5, 0.6) is 5.75 Å². The molecule has 0 aromatic heterocycles. The fourth-order valence-corrected chi connectivity index (χ4v) is 3.45. The van der Waals surface area contributed by atoms with Crippen molar-refractivity contribution in [2.24, 2.45) is 0 Å². The van der Waals surface area contributed by atoms with Crippen LogP contribution >= 0.6 is 0 Å². The Bertz CT molecular complexity index is 988. The van der Waals surface area contributed by atoms with Gasteiger partial charge in [-0.1, -0.05) is 55.5 Å². The Labute approximate surface area is 177 Å². The molecular weight excluding hydrogens is 379 g/mol. The highest BCUT2D eigenvalue weighted by Crippen LogP contribution is 2.23. The number of halogens is 1. The number of carbonyl (C=O) groups is 1. The molecule has 0 aliphatic rings. The van der Waals surface area contributed by atoms with Crippen molar-refractivity contribution < 1.29 is 19.2 Å². The quantitative estimate of drug-likeness (QED) is 0.591. The van der Waals surface area contributed by atoms with Gasteiger partial charge in [-0.3, -0.25) is 4.79 Å². The van der Waals surface area contributed by atoms with Gasteiger partial charge >= 0.3 is 0 Å². The topological polar surface area (TPSA) is 54.9 Å². The third-order valence-electron chi connectivity index (χ3n) is 5.21. The van der Waals surface area contributed by atoms with Gasteiger partial charge < -0.3 is 15.4 Å². The molecule has 156 valence electrons. The van der Waals surface area contributed by atoms with E-state index in [1.807, 2.05) is 30.4 Å². The number of hydrogen-bond donors (Lipinski definition) is 2. The summed E-state index contributed by atoms with van der Waals surface area (Å²) >= 11 is 0. The van der Waals surface area contributed by atoms with Crippen LogP contribution in [0.2, 0.25) is 0 Å². The van der Waals surface area contributed by atoms with Crippen molar-refractivity contribution in [1.82, 2.24) is 0 Å². The van der Waals surface area contributed by atoms with Crippen LogP contribution in [0.1, 0.15) is 36.6 Å². The van der Waals surface area contributed by atoms with Crippen LogP contribution in [-0.2, 0) is 11.2 Å². The van der Waals surface area contributed by atoms with Crippen molar-refractivity contribution in [2.45, 2.75) is 32.4 Å². The molecule has 5 heteroatoms. The molecule has 3 N–H and O–H groups in total. The first-order valence-electron chi connectivity index (χ1n) is 10.1. The van der Waals surface area contributed by atoms with Crippen molar-refractivity contribution in [3.63, 3.8) is 0 Å². The molecule has 3 rings (SSSR count). The normalized spacial score (nSPS) is 12.8. The number of methoxy groups -OCH3 is 1. The van der Waals surface area contributed by atoms with Gasteiger partial charge in [-0.2, -0.15) is 0 Å². The summed E-state index contributed by atoms with van der Waals surface area (Å²) in [6.45, 7) is 3.95. The lowest BCUT2D eigenvalue weighted by Gasteiger charge is -2.21. The lowest BCUT2D eigenvalue weighted by molar-refractivity contribution is -0.704. The Balaban J connectivity index is 1.83. The molecule has 0 radical (unpaired) electrons. The van der Waals surface area contributed by atoms with Crippen LogP contribution in [0.4, 0.5) is 10.1 Å². The van der Waals surface area contributed by atoms with Gasteiger partial charge in [0.2, 0.25) is 0 Å². The average molecular weight is 408 g/mol. The third-order valence-corrected chi connectivity index (χ3v) is 5.21. The van der Waals surface area contributed by atoms with E-state index in [9.17, 15) is 9.18 Å². The van der Waals surface area contributed by atoms with E-state index in [1.165, 1.54) is 17.7 Å². The number of amides is 1. The maximum Gasteiger partial charge on any atom is 0.282 e. The molecule has 0 unspecified atom stereocenters. The Morgan fingerprint density at radius 3 is 2.43 bits per heavy atom. The Morgan fingerprint density at radius 1 is 1.03 bits per heavy atom. The maximum atomic E-state index is 13.9. The van der Waals surface area contributed by atoms with Gasteiger partial charge in [-0.05, 0) is 43.2 Å². The van der Waals surface area contributed by atoms with E-state index in [2.05, 4.69) is 36.5 Å². The fourth-order valence-electron chi connectivity index (χ4n) is 3.45. The SMILES string of the molecule is CCc1ccc([C@@H]([NH2+][C@H](C)C(=O)Nc2ccccc2OC)c2cccc(F)c2)cc1. The fraction of sp³-hybridized carbons (Fsp3) is 0.240. The predicted molar refractivity (Wildman–Crippen MR) is 117 cm³/mol.